The van der Waals surface area contributed by atoms with Gasteiger partial charge in [0.25, 0.3) is 5.92 Å². The van der Waals surface area contributed by atoms with Gasteiger partial charge in [-0.1, -0.05) is 24.3 Å². The highest BCUT2D eigenvalue weighted by Crippen LogP contribution is 2.37. The van der Waals surface area contributed by atoms with Crippen molar-refractivity contribution in [3.05, 3.63) is 65.0 Å². The van der Waals surface area contributed by atoms with Crippen LogP contribution in [0.3, 0.4) is 0 Å². The summed E-state index contributed by atoms with van der Waals surface area (Å²) in [4.78, 5) is 23.1. The van der Waals surface area contributed by atoms with E-state index in [1.165, 1.54) is 19.2 Å². The second-order valence-electron chi connectivity index (χ2n) is 9.30. The highest BCUT2D eigenvalue weighted by Gasteiger charge is 2.31. The van der Waals surface area contributed by atoms with Crippen molar-refractivity contribution in [1.29, 1.82) is 0 Å². The summed E-state index contributed by atoms with van der Waals surface area (Å²) in [6.45, 7) is 3.48. The molecule has 10 heteroatoms. The Balaban J connectivity index is 1.69. The standard InChI is InChI=1S/C28H32F2N4O4/c1-17(20-6-5-7-21(12-20)28(29,30)16-35)31-27-23-13-22(25(38-4)14-24(23)32-18(2)33-27)19-8-10-34(11-9-19)26(36)15-37-3/h5-8,12-14,17,35H,9-11,15-16H2,1-4H3,(H,31,32,33)/t17-/m0/s1. The number of carbonyl (C=O) groups excluding carboxylic acids is 1. The quantitative estimate of drug-likeness (QED) is 0.425. The molecule has 202 valence electrons. The van der Waals surface area contributed by atoms with Crippen molar-refractivity contribution in [1.82, 2.24) is 14.9 Å². The van der Waals surface area contributed by atoms with Gasteiger partial charge in [-0.15, -0.1) is 0 Å². The lowest BCUT2D eigenvalue weighted by Crippen LogP contribution is -2.36. The SMILES string of the molecule is COCC(=O)N1CC=C(c2cc3c(N[C@@H](C)c4cccc(C(F)(F)CO)c4)nc(C)nc3cc2OC)CC1. The predicted molar refractivity (Wildman–Crippen MR) is 141 cm³/mol. The fourth-order valence-electron chi connectivity index (χ4n) is 4.57. The van der Waals surface area contributed by atoms with E-state index < -0.39 is 12.5 Å². The van der Waals surface area contributed by atoms with Crippen molar-refractivity contribution < 1.29 is 28.2 Å². The molecule has 0 unspecified atom stereocenters. The van der Waals surface area contributed by atoms with Crippen molar-refractivity contribution in [3.63, 3.8) is 0 Å². The van der Waals surface area contributed by atoms with Gasteiger partial charge < -0.3 is 24.8 Å². The normalized spacial score (nSPS) is 14.8. The third-order valence-electron chi connectivity index (χ3n) is 6.67. The smallest absolute Gasteiger partial charge is 0.295 e. The zero-order valence-corrected chi connectivity index (χ0v) is 21.9. The van der Waals surface area contributed by atoms with E-state index in [1.54, 1.807) is 31.1 Å². The largest absolute Gasteiger partial charge is 0.496 e. The number of alkyl halides is 2. The number of nitrogens with one attached hydrogen (secondary N) is 1. The highest BCUT2D eigenvalue weighted by molar-refractivity contribution is 5.94. The number of carbonyl (C=O) groups is 1. The number of aliphatic hydroxyl groups is 1. The van der Waals surface area contributed by atoms with Gasteiger partial charge in [-0.05, 0) is 43.5 Å². The maximum Gasteiger partial charge on any atom is 0.295 e. The predicted octanol–water partition coefficient (Wildman–Crippen LogP) is 4.47. The molecular formula is C28H32F2N4O4. The molecule has 8 nitrogen and oxygen atoms in total. The number of benzene rings is 2. The third-order valence-corrected chi connectivity index (χ3v) is 6.67. The van der Waals surface area contributed by atoms with Gasteiger partial charge in [-0.3, -0.25) is 4.79 Å². The van der Waals surface area contributed by atoms with E-state index in [9.17, 15) is 13.6 Å². The van der Waals surface area contributed by atoms with Gasteiger partial charge >= 0.3 is 0 Å². The summed E-state index contributed by atoms with van der Waals surface area (Å²) in [5.41, 5.74) is 2.99. The van der Waals surface area contributed by atoms with Gasteiger partial charge in [-0.2, -0.15) is 8.78 Å². The number of halogens is 2. The van der Waals surface area contributed by atoms with Crippen LogP contribution in [0.5, 0.6) is 5.75 Å². The summed E-state index contributed by atoms with van der Waals surface area (Å²) in [5.74, 6) is -1.60. The summed E-state index contributed by atoms with van der Waals surface area (Å²) in [6, 6.07) is 9.47. The molecular weight excluding hydrogens is 494 g/mol. The van der Waals surface area contributed by atoms with Gasteiger partial charge in [0.15, 0.2) is 0 Å². The number of fused-ring (bicyclic) bond motifs is 1. The fourth-order valence-corrected chi connectivity index (χ4v) is 4.57. The van der Waals surface area contributed by atoms with Gasteiger partial charge in [-0.25, -0.2) is 9.97 Å². The first-order valence-electron chi connectivity index (χ1n) is 12.3. The van der Waals surface area contributed by atoms with Crippen molar-refractivity contribution >= 4 is 28.2 Å². The molecule has 38 heavy (non-hydrogen) atoms. The number of aryl methyl sites for hydroxylation is 1. The maximum absolute atomic E-state index is 14.1. The van der Waals surface area contributed by atoms with E-state index in [0.29, 0.717) is 48.0 Å². The molecule has 2 heterocycles. The number of amides is 1. The van der Waals surface area contributed by atoms with Gasteiger partial charge in [0.1, 0.15) is 30.6 Å². The number of hydrogen-bond donors (Lipinski definition) is 2. The molecule has 0 spiro atoms. The molecule has 1 atom stereocenters. The van der Waals surface area contributed by atoms with Crippen LogP contribution in [0.25, 0.3) is 16.5 Å². The average molecular weight is 527 g/mol. The Morgan fingerprint density at radius 3 is 2.68 bits per heavy atom. The molecule has 2 N–H and O–H groups in total. The van der Waals surface area contributed by atoms with E-state index in [1.807, 2.05) is 25.1 Å². The molecule has 0 radical (unpaired) electrons. The number of anilines is 1. The first-order chi connectivity index (χ1) is 18.2. The van der Waals surface area contributed by atoms with Crippen LogP contribution in [0.15, 0.2) is 42.5 Å². The van der Waals surface area contributed by atoms with Gasteiger partial charge in [0.05, 0.1) is 12.6 Å². The molecule has 1 aromatic heterocycles. The molecule has 2 aromatic carbocycles. The zero-order valence-electron chi connectivity index (χ0n) is 21.9. The molecule has 1 amide bonds. The molecule has 4 rings (SSSR count). The van der Waals surface area contributed by atoms with E-state index >= 15 is 0 Å². The Kier molecular flexibility index (Phi) is 8.23. The van der Waals surface area contributed by atoms with Crippen LogP contribution in [-0.2, 0) is 15.5 Å². The Bertz CT molecular complexity index is 1360. The second-order valence-corrected chi connectivity index (χ2v) is 9.30. The van der Waals surface area contributed by atoms with Crippen molar-refractivity contribution in [2.75, 3.05) is 45.8 Å². The van der Waals surface area contributed by atoms with E-state index in [-0.39, 0.29) is 24.1 Å². The minimum Gasteiger partial charge on any atom is -0.496 e. The Morgan fingerprint density at radius 2 is 2.03 bits per heavy atom. The third kappa shape index (κ3) is 5.76. The molecule has 0 fully saturated rings. The van der Waals surface area contributed by atoms with Crippen LogP contribution in [0.2, 0.25) is 0 Å². The summed E-state index contributed by atoms with van der Waals surface area (Å²) >= 11 is 0. The lowest BCUT2D eigenvalue weighted by Gasteiger charge is -2.27. The number of ether oxygens (including phenoxy) is 2. The number of aromatic nitrogens is 2. The lowest BCUT2D eigenvalue weighted by atomic mass is 9.96. The average Bonchev–Trinajstić information content (AvgIpc) is 2.92. The monoisotopic (exact) mass is 526 g/mol. The van der Waals surface area contributed by atoms with E-state index in [4.69, 9.17) is 14.6 Å². The number of rotatable bonds is 9. The van der Waals surface area contributed by atoms with Crippen LogP contribution >= 0.6 is 0 Å². The number of nitrogens with zero attached hydrogens (tertiary/aromatic N) is 3. The van der Waals surface area contributed by atoms with Gasteiger partial charge in [0, 0.05) is 48.8 Å². The van der Waals surface area contributed by atoms with Crippen molar-refractivity contribution in [2.24, 2.45) is 0 Å². The number of aliphatic hydroxyl groups excluding tert-OH is 1. The minimum absolute atomic E-state index is 0.0485. The van der Waals surface area contributed by atoms with Gasteiger partial charge in [0.2, 0.25) is 5.91 Å². The van der Waals surface area contributed by atoms with Crippen molar-refractivity contribution in [2.45, 2.75) is 32.2 Å². The molecule has 0 saturated heterocycles. The lowest BCUT2D eigenvalue weighted by molar-refractivity contribution is -0.134. The highest BCUT2D eigenvalue weighted by atomic mass is 19.3. The molecule has 3 aromatic rings. The van der Waals surface area contributed by atoms with Crippen molar-refractivity contribution in [3.8, 4) is 5.75 Å². The molecule has 1 aliphatic rings. The summed E-state index contributed by atoms with van der Waals surface area (Å²) in [5, 5.41) is 13.2. The van der Waals surface area contributed by atoms with Crippen LogP contribution in [0, 0.1) is 6.92 Å². The fraction of sp³-hybridized carbons (Fsp3) is 0.393. The zero-order chi connectivity index (χ0) is 27.4. The van der Waals surface area contributed by atoms with E-state index in [0.717, 1.165) is 16.5 Å². The van der Waals surface area contributed by atoms with Crippen LogP contribution in [0.4, 0.5) is 14.6 Å². The Labute approximate surface area is 220 Å². The molecule has 0 bridgehead atoms. The van der Waals surface area contributed by atoms with E-state index in [2.05, 4.69) is 15.3 Å². The molecule has 1 aliphatic heterocycles. The topological polar surface area (TPSA) is 96.8 Å². The van der Waals surface area contributed by atoms with Crippen LogP contribution < -0.4 is 10.1 Å². The molecule has 0 aliphatic carbocycles. The van der Waals surface area contributed by atoms with Crippen LogP contribution in [0.1, 0.15) is 41.9 Å². The van der Waals surface area contributed by atoms with Crippen LogP contribution in [-0.4, -0.2) is 66.4 Å². The second kappa shape index (κ2) is 11.4. The number of hydrogen-bond acceptors (Lipinski definition) is 7. The molecule has 0 saturated carbocycles. The maximum atomic E-state index is 14.1. The summed E-state index contributed by atoms with van der Waals surface area (Å²) in [6.07, 6.45) is 2.66. The first kappa shape index (κ1) is 27.4. The first-order valence-corrected chi connectivity index (χ1v) is 12.3. The minimum atomic E-state index is -3.32. The number of methoxy groups -OCH3 is 2. The summed E-state index contributed by atoms with van der Waals surface area (Å²) < 4.78 is 38.8. The Morgan fingerprint density at radius 1 is 1.24 bits per heavy atom. The summed E-state index contributed by atoms with van der Waals surface area (Å²) in [7, 11) is 3.10. The Hall–Kier alpha value is -3.63.